The molecule has 0 saturated carbocycles. The van der Waals surface area contributed by atoms with Crippen molar-refractivity contribution in [2.75, 3.05) is 5.73 Å². The second kappa shape index (κ2) is 4.44. The van der Waals surface area contributed by atoms with Crippen molar-refractivity contribution in [3.63, 3.8) is 0 Å². The summed E-state index contributed by atoms with van der Waals surface area (Å²) >= 11 is 10.9. The number of hydrogen-bond acceptors (Lipinski definition) is 3. The minimum Gasteiger partial charge on any atom is -0.398 e. The Bertz CT molecular complexity index is 454. The van der Waals surface area contributed by atoms with Gasteiger partial charge in [-0.1, -0.05) is 0 Å². The molecule has 0 saturated heterocycles. The highest BCUT2D eigenvalue weighted by Crippen LogP contribution is 2.30. The van der Waals surface area contributed by atoms with E-state index in [2.05, 4.69) is 0 Å². The summed E-state index contributed by atoms with van der Waals surface area (Å²) < 4.78 is 0. The van der Waals surface area contributed by atoms with E-state index >= 15 is 0 Å². The van der Waals surface area contributed by atoms with Gasteiger partial charge in [-0.2, -0.15) is 0 Å². The quantitative estimate of drug-likeness (QED) is 0.656. The number of anilines is 1. The number of carbonyl (C=O) groups excluding carboxylic acids is 2. The van der Waals surface area contributed by atoms with Crippen molar-refractivity contribution in [3.05, 3.63) is 27.8 Å². The molecule has 0 aliphatic heterocycles. The molecule has 0 bridgehead atoms. The van der Waals surface area contributed by atoms with Gasteiger partial charge in [-0.15, -0.1) is 0 Å². The molecule has 86 valence electrons. The van der Waals surface area contributed by atoms with Gasteiger partial charge in [0, 0.05) is 16.8 Å². The Balaban J connectivity index is 3.80. The van der Waals surface area contributed by atoms with E-state index in [0.29, 0.717) is 22.4 Å². The number of nitrogen functional groups attached to an aromatic ring is 1. The van der Waals surface area contributed by atoms with Crippen LogP contribution >= 0.6 is 23.2 Å². The van der Waals surface area contributed by atoms with Crippen LogP contribution in [0.5, 0.6) is 0 Å². The van der Waals surface area contributed by atoms with E-state index in [9.17, 15) is 9.59 Å². The van der Waals surface area contributed by atoms with Crippen LogP contribution in [-0.4, -0.2) is 10.5 Å². The van der Waals surface area contributed by atoms with Gasteiger partial charge >= 0.3 is 0 Å². The lowest BCUT2D eigenvalue weighted by Gasteiger charge is -2.15. The Morgan fingerprint density at radius 3 is 1.44 bits per heavy atom. The Labute approximate surface area is 104 Å². The maximum Gasteiger partial charge on any atom is 0.253 e. The molecule has 0 radical (unpaired) electrons. The van der Waals surface area contributed by atoms with Gasteiger partial charge in [0.25, 0.3) is 10.5 Å². The fraction of sp³-hybridized carbons (Fsp3) is 0.273. The molecule has 0 spiro atoms. The summed E-state index contributed by atoms with van der Waals surface area (Å²) in [7, 11) is 0. The minimum absolute atomic E-state index is 0.258. The maximum atomic E-state index is 11.3. The largest absolute Gasteiger partial charge is 0.398 e. The standard InChI is InChI=1S/C11H11Cl2NO2/c1-4-7(10(12)15)5(2)9(14)6(3)8(4)11(13)16/h14H2,1-3H3. The van der Waals surface area contributed by atoms with E-state index in [1.165, 1.54) is 0 Å². The molecule has 1 rings (SSSR count). The number of carbonyl (C=O) groups is 2. The van der Waals surface area contributed by atoms with Crippen LogP contribution in [-0.2, 0) is 0 Å². The number of rotatable bonds is 2. The van der Waals surface area contributed by atoms with Crippen LogP contribution in [0.4, 0.5) is 5.69 Å². The highest BCUT2D eigenvalue weighted by Gasteiger charge is 2.21. The SMILES string of the molecule is Cc1c(N)c(C)c(C(=O)Cl)c(C)c1C(=O)Cl. The van der Waals surface area contributed by atoms with Crippen molar-refractivity contribution in [1.29, 1.82) is 0 Å². The molecule has 5 heteroatoms. The highest BCUT2D eigenvalue weighted by atomic mass is 35.5. The summed E-state index contributed by atoms with van der Waals surface area (Å²) in [5.74, 6) is 0. The van der Waals surface area contributed by atoms with E-state index in [1.807, 2.05) is 0 Å². The molecule has 0 aromatic heterocycles. The van der Waals surface area contributed by atoms with Crippen LogP contribution in [0.1, 0.15) is 37.4 Å². The number of benzene rings is 1. The zero-order chi connectivity index (χ0) is 12.6. The first kappa shape index (κ1) is 13.0. The van der Waals surface area contributed by atoms with Crippen LogP contribution in [0.25, 0.3) is 0 Å². The third-order valence-corrected chi connectivity index (χ3v) is 3.08. The zero-order valence-electron chi connectivity index (χ0n) is 9.15. The van der Waals surface area contributed by atoms with E-state index in [-0.39, 0.29) is 11.1 Å². The first-order valence-electron chi connectivity index (χ1n) is 4.57. The molecule has 0 fully saturated rings. The summed E-state index contributed by atoms with van der Waals surface area (Å²) in [6, 6.07) is 0. The number of halogens is 2. The predicted octanol–water partition coefficient (Wildman–Crippen LogP) is 2.95. The van der Waals surface area contributed by atoms with Gasteiger partial charge < -0.3 is 5.73 Å². The molecule has 1 aromatic carbocycles. The number of hydrogen-bond donors (Lipinski definition) is 1. The van der Waals surface area contributed by atoms with Gasteiger partial charge in [-0.3, -0.25) is 9.59 Å². The molecular weight excluding hydrogens is 249 g/mol. The predicted molar refractivity (Wildman–Crippen MR) is 65.4 cm³/mol. The lowest BCUT2D eigenvalue weighted by molar-refractivity contribution is 0.107. The van der Waals surface area contributed by atoms with E-state index in [1.54, 1.807) is 20.8 Å². The third-order valence-electron chi connectivity index (χ3n) is 2.70. The lowest BCUT2D eigenvalue weighted by atomic mass is 9.92. The molecule has 0 aliphatic rings. The van der Waals surface area contributed by atoms with Crippen LogP contribution < -0.4 is 5.73 Å². The smallest absolute Gasteiger partial charge is 0.253 e. The first-order chi connectivity index (χ1) is 7.29. The van der Waals surface area contributed by atoms with Crippen LogP contribution in [0, 0.1) is 20.8 Å². The monoisotopic (exact) mass is 259 g/mol. The van der Waals surface area contributed by atoms with Crippen molar-refractivity contribution in [3.8, 4) is 0 Å². The highest BCUT2D eigenvalue weighted by molar-refractivity contribution is 6.69. The fourth-order valence-corrected chi connectivity index (χ4v) is 2.39. The van der Waals surface area contributed by atoms with E-state index in [4.69, 9.17) is 28.9 Å². The molecule has 2 N–H and O–H groups in total. The van der Waals surface area contributed by atoms with Crippen molar-refractivity contribution in [2.24, 2.45) is 0 Å². The summed E-state index contributed by atoms with van der Waals surface area (Å²) in [6.07, 6.45) is 0. The van der Waals surface area contributed by atoms with Crippen molar-refractivity contribution >= 4 is 39.4 Å². The van der Waals surface area contributed by atoms with E-state index < -0.39 is 10.5 Å². The fourth-order valence-electron chi connectivity index (χ4n) is 1.83. The third kappa shape index (κ3) is 1.93. The molecule has 16 heavy (non-hydrogen) atoms. The topological polar surface area (TPSA) is 60.2 Å². The number of nitrogens with two attached hydrogens (primary N) is 1. The lowest BCUT2D eigenvalue weighted by Crippen LogP contribution is -2.10. The Hall–Kier alpha value is -1.06. The van der Waals surface area contributed by atoms with Crippen molar-refractivity contribution < 1.29 is 9.59 Å². The normalized spacial score (nSPS) is 10.3. The Kier molecular flexibility index (Phi) is 3.61. The van der Waals surface area contributed by atoms with Gasteiger partial charge in [-0.05, 0) is 60.7 Å². The summed E-state index contributed by atoms with van der Waals surface area (Å²) in [6.45, 7) is 5.01. The Morgan fingerprint density at radius 2 is 1.19 bits per heavy atom. The summed E-state index contributed by atoms with van der Waals surface area (Å²) in [4.78, 5) is 22.6. The van der Waals surface area contributed by atoms with Crippen LogP contribution in [0.15, 0.2) is 0 Å². The van der Waals surface area contributed by atoms with Gasteiger partial charge in [-0.25, -0.2) is 0 Å². The van der Waals surface area contributed by atoms with Gasteiger partial charge in [0.2, 0.25) is 0 Å². The molecule has 1 aromatic rings. The minimum atomic E-state index is -0.638. The summed E-state index contributed by atoms with van der Waals surface area (Å²) in [5.41, 5.74) is 8.33. The van der Waals surface area contributed by atoms with E-state index in [0.717, 1.165) is 0 Å². The molecule has 0 aliphatic carbocycles. The van der Waals surface area contributed by atoms with Crippen LogP contribution in [0.2, 0.25) is 0 Å². The van der Waals surface area contributed by atoms with Crippen molar-refractivity contribution in [1.82, 2.24) is 0 Å². The first-order valence-corrected chi connectivity index (χ1v) is 5.33. The second-order valence-corrected chi connectivity index (χ2v) is 4.27. The average Bonchev–Trinajstić information content (AvgIpc) is 2.13. The van der Waals surface area contributed by atoms with Gasteiger partial charge in [0.05, 0.1) is 0 Å². The second-order valence-electron chi connectivity index (χ2n) is 3.59. The van der Waals surface area contributed by atoms with Crippen molar-refractivity contribution in [2.45, 2.75) is 20.8 Å². The Morgan fingerprint density at radius 1 is 0.875 bits per heavy atom. The van der Waals surface area contributed by atoms with Gasteiger partial charge in [0.1, 0.15) is 0 Å². The summed E-state index contributed by atoms with van der Waals surface area (Å²) in [5, 5.41) is -1.28. The van der Waals surface area contributed by atoms with Gasteiger partial charge in [0.15, 0.2) is 0 Å². The molecular formula is C11H11Cl2NO2. The molecule has 0 amide bonds. The zero-order valence-corrected chi connectivity index (χ0v) is 10.7. The molecule has 3 nitrogen and oxygen atoms in total. The molecule has 0 atom stereocenters. The van der Waals surface area contributed by atoms with Crippen LogP contribution in [0.3, 0.4) is 0 Å². The maximum absolute atomic E-state index is 11.3. The molecule has 0 unspecified atom stereocenters. The average molecular weight is 260 g/mol. The molecule has 0 heterocycles.